The first-order chi connectivity index (χ1) is 4.06. The molecule has 0 rings (SSSR count). The van der Waals surface area contributed by atoms with Gasteiger partial charge in [-0.05, 0) is 0 Å². The summed E-state index contributed by atoms with van der Waals surface area (Å²) in [6.45, 7) is 1.95. The van der Waals surface area contributed by atoms with Crippen LogP contribution in [0.25, 0.3) is 0 Å². The van der Waals surface area contributed by atoms with E-state index in [-0.39, 0.29) is 95.1 Å². The molecular formula is C6H11Na3O3. The molecule has 0 heterocycles. The summed E-state index contributed by atoms with van der Waals surface area (Å²) in [5.74, 6) is -3.20. The maximum Gasteiger partial charge on any atom is 1.00 e. The fourth-order valence-electron chi connectivity index (χ4n) is 0.592. The zero-order chi connectivity index (χ0) is 7.33. The first-order valence-electron chi connectivity index (χ1n) is 3.17. The van der Waals surface area contributed by atoms with Gasteiger partial charge in [-0.25, -0.2) is 0 Å². The normalized spacial score (nSPS) is 9.00. The molecule has 0 radical (unpaired) electrons. The van der Waals surface area contributed by atoms with Gasteiger partial charge in [0.15, 0.2) is 0 Å². The van der Waals surface area contributed by atoms with Crippen molar-refractivity contribution in [3.05, 3.63) is 0 Å². The van der Waals surface area contributed by atoms with Crippen LogP contribution in [0.4, 0.5) is 0 Å². The van der Waals surface area contributed by atoms with E-state index in [1.807, 2.05) is 6.92 Å². The maximum atomic E-state index is 9.87. The molecule has 0 aromatic rings. The summed E-state index contributed by atoms with van der Waals surface area (Å²) in [5, 5.41) is 29.6. The summed E-state index contributed by atoms with van der Waals surface area (Å²) in [6.07, 6.45) is 1.90. The van der Waals surface area contributed by atoms with Gasteiger partial charge in [-0.2, -0.15) is 0 Å². The molecule has 0 aliphatic heterocycles. The molecule has 0 aromatic carbocycles. The molecule has 0 saturated heterocycles. The minimum absolute atomic E-state index is 0. The molecule has 0 spiro atoms. The zero-order valence-corrected chi connectivity index (χ0v) is 14.6. The van der Waals surface area contributed by atoms with Gasteiger partial charge >= 0.3 is 88.7 Å². The topological polar surface area (TPSA) is 69.2 Å². The summed E-state index contributed by atoms with van der Waals surface area (Å²) in [4.78, 5) is 0. The van der Waals surface area contributed by atoms with Crippen LogP contribution in [0.2, 0.25) is 0 Å². The van der Waals surface area contributed by atoms with Crippen molar-refractivity contribution in [3.8, 4) is 0 Å². The van der Waals surface area contributed by atoms with Crippen molar-refractivity contribution in [1.82, 2.24) is 0 Å². The van der Waals surface area contributed by atoms with E-state index in [0.29, 0.717) is 6.42 Å². The Labute approximate surface area is 140 Å². The van der Waals surface area contributed by atoms with Gasteiger partial charge in [0.25, 0.3) is 0 Å². The van der Waals surface area contributed by atoms with Crippen LogP contribution >= 0.6 is 0 Å². The quantitative estimate of drug-likeness (QED) is 0.257. The van der Waals surface area contributed by atoms with Gasteiger partial charge in [0.1, 0.15) is 0 Å². The van der Waals surface area contributed by atoms with Crippen molar-refractivity contribution < 1.29 is 104 Å². The van der Waals surface area contributed by atoms with Crippen LogP contribution in [0.1, 0.15) is 32.6 Å². The van der Waals surface area contributed by atoms with Crippen LogP contribution < -0.4 is 104 Å². The summed E-state index contributed by atoms with van der Waals surface area (Å²) in [6, 6.07) is 0. The third-order valence-electron chi connectivity index (χ3n) is 1.09. The van der Waals surface area contributed by atoms with E-state index < -0.39 is 5.97 Å². The van der Waals surface area contributed by atoms with Crippen LogP contribution in [0.3, 0.4) is 0 Å². The van der Waals surface area contributed by atoms with Crippen molar-refractivity contribution in [2.45, 2.75) is 38.6 Å². The molecule has 0 saturated carbocycles. The fraction of sp³-hybridized carbons (Fsp3) is 1.00. The van der Waals surface area contributed by atoms with Gasteiger partial charge in [-0.1, -0.05) is 32.6 Å². The Bertz CT molecular complexity index is 74.9. The Morgan fingerprint density at radius 2 is 1.33 bits per heavy atom. The van der Waals surface area contributed by atoms with E-state index in [4.69, 9.17) is 0 Å². The van der Waals surface area contributed by atoms with Crippen molar-refractivity contribution in [2.24, 2.45) is 0 Å². The van der Waals surface area contributed by atoms with Crippen LogP contribution in [0.15, 0.2) is 0 Å². The van der Waals surface area contributed by atoms with E-state index in [1.165, 1.54) is 0 Å². The predicted molar refractivity (Wildman–Crippen MR) is 26.9 cm³/mol. The number of hydrogen-bond donors (Lipinski definition) is 0. The van der Waals surface area contributed by atoms with Gasteiger partial charge < -0.3 is 21.3 Å². The molecule has 56 valence electrons. The van der Waals surface area contributed by atoms with E-state index >= 15 is 0 Å². The molecule has 0 amide bonds. The van der Waals surface area contributed by atoms with Crippen molar-refractivity contribution in [1.29, 1.82) is 0 Å². The van der Waals surface area contributed by atoms with Crippen molar-refractivity contribution >= 4 is 0 Å². The fourth-order valence-corrected chi connectivity index (χ4v) is 0.592. The minimum Gasteiger partial charge on any atom is -0.876 e. The molecule has 0 aliphatic rings. The van der Waals surface area contributed by atoms with Crippen molar-refractivity contribution in [3.63, 3.8) is 0 Å². The van der Waals surface area contributed by atoms with Crippen molar-refractivity contribution in [2.75, 3.05) is 0 Å². The molecule has 0 atom stereocenters. The first-order valence-corrected chi connectivity index (χ1v) is 3.17. The number of unbranched alkanes of at least 4 members (excludes halogenated alkanes) is 2. The molecule has 12 heavy (non-hydrogen) atoms. The van der Waals surface area contributed by atoms with Gasteiger partial charge in [-0.3, -0.25) is 0 Å². The number of rotatable bonds is 4. The van der Waals surface area contributed by atoms with Gasteiger partial charge in [0, 0.05) is 0 Å². The Hall–Kier alpha value is 2.88. The smallest absolute Gasteiger partial charge is 0.876 e. The summed E-state index contributed by atoms with van der Waals surface area (Å²) in [5.41, 5.74) is 0. The third kappa shape index (κ3) is 23.1. The molecule has 0 unspecified atom stereocenters. The Kier molecular flexibility index (Phi) is 28.0. The average molecular weight is 200 g/mol. The molecule has 0 fully saturated rings. The van der Waals surface area contributed by atoms with Crippen LogP contribution in [-0.4, -0.2) is 5.97 Å². The van der Waals surface area contributed by atoms with Gasteiger partial charge in [-0.15, -0.1) is 0 Å². The van der Waals surface area contributed by atoms with Gasteiger partial charge in [0.2, 0.25) is 0 Å². The molecule has 0 bridgehead atoms. The van der Waals surface area contributed by atoms with E-state index in [2.05, 4.69) is 0 Å². The monoisotopic (exact) mass is 200 g/mol. The van der Waals surface area contributed by atoms with E-state index in [1.54, 1.807) is 0 Å². The summed E-state index contributed by atoms with van der Waals surface area (Å²) >= 11 is 0. The molecule has 0 aromatic heterocycles. The van der Waals surface area contributed by atoms with Gasteiger partial charge in [0.05, 0.1) is 0 Å². The Morgan fingerprint density at radius 1 is 0.917 bits per heavy atom. The largest absolute Gasteiger partial charge is 1.00 e. The second-order valence-electron chi connectivity index (χ2n) is 2.14. The summed E-state index contributed by atoms with van der Waals surface area (Å²) < 4.78 is 0. The first kappa shape index (κ1) is 24.2. The predicted octanol–water partition coefficient (Wildman–Crippen LogP) is -10.7. The molecule has 3 nitrogen and oxygen atoms in total. The molecular weight excluding hydrogens is 189 g/mol. The Balaban J connectivity index is -0.000000107. The van der Waals surface area contributed by atoms with E-state index in [9.17, 15) is 15.3 Å². The zero-order valence-electron chi connectivity index (χ0n) is 8.55. The maximum absolute atomic E-state index is 9.87. The average Bonchev–Trinajstić information content (AvgIpc) is 1.63. The van der Waals surface area contributed by atoms with Crippen LogP contribution in [0, 0.1) is 0 Å². The van der Waals surface area contributed by atoms with Crippen LogP contribution in [-0.2, 0) is 0 Å². The SMILES string of the molecule is CCCCCC([O-])([O-])[O-].[Na+].[Na+].[Na+]. The van der Waals surface area contributed by atoms with Crippen LogP contribution in [0.5, 0.6) is 0 Å². The molecule has 0 N–H and O–H groups in total. The third-order valence-corrected chi connectivity index (χ3v) is 1.09. The Morgan fingerprint density at radius 3 is 1.58 bits per heavy atom. The number of hydrogen-bond acceptors (Lipinski definition) is 3. The minimum atomic E-state index is -3.20. The van der Waals surface area contributed by atoms with E-state index in [0.717, 1.165) is 12.8 Å². The molecule has 6 heteroatoms. The second-order valence-corrected chi connectivity index (χ2v) is 2.14. The second kappa shape index (κ2) is 13.9. The summed E-state index contributed by atoms with van der Waals surface area (Å²) in [7, 11) is 0. The molecule has 0 aliphatic carbocycles. The standard InChI is InChI=1S/C6H11O3.3Na/c1-2-3-4-5-6(7,8)9;;;/h2-5H2,1H3;;;/q-3;3*+1.